The molecule has 134 valence electrons. The van der Waals surface area contributed by atoms with Gasteiger partial charge in [0, 0.05) is 18.1 Å². The first kappa shape index (κ1) is 20.9. The number of nitrogens with one attached hydrogen (secondary N) is 1. The molecule has 0 fully saturated rings. The van der Waals surface area contributed by atoms with E-state index in [1.54, 1.807) is 19.1 Å². The van der Waals surface area contributed by atoms with Crippen LogP contribution in [-0.2, 0) is 14.6 Å². The van der Waals surface area contributed by atoms with Gasteiger partial charge in [0.2, 0.25) is 0 Å². The maximum absolute atomic E-state index is 12.2. The van der Waals surface area contributed by atoms with E-state index in [2.05, 4.69) is 5.32 Å². The minimum Gasteiger partial charge on any atom is -0.481 e. The Kier molecular flexibility index (Phi) is 9.24. The van der Waals surface area contributed by atoms with E-state index in [1.807, 2.05) is 0 Å². The Labute approximate surface area is 150 Å². The van der Waals surface area contributed by atoms with Crippen LogP contribution in [0.4, 0.5) is 0 Å². The summed E-state index contributed by atoms with van der Waals surface area (Å²) >= 11 is 0. The molecule has 1 aromatic carbocycles. The average molecular weight is 392 g/mol. The van der Waals surface area contributed by atoms with E-state index in [1.165, 1.54) is 33.7 Å². The molecule has 0 aliphatic rings. The molecule has 24 heavy (non-hydrogen) atoms. The van der Waals surface area contributed by atoms with Crippen molar-refractivity contribution in [2.45, 2.75) is 24.7 Å². The van der Waals surface area contributed by atoms with E-state index in [9.17, 15) is 18.0 Å². The van der Waals surface area contributed by atoms with Crippen molar-refractivity contribution in [3.63, 3.8) is 0 Å². The van der Waals surface area contributed by atoms with Crippen LogP contribution in [0.5, 0.6) is 0 Å². The Hall–Kier alpha value is -1.19. The minimum absolute atomic E-state index is 0.00730. The molecule has 0 bridgehead atoms. The number of aliphatic carboxylic acids is 1. The third-order valence-corrected chi connectivity index (χ3v) is 7.27. The van der Waals surface area contributed by atoms with Crippen molar-refractivity contribution in [2.75, 3.05) is 23.8 Å². The molecular weight excluding hydrogens is 370 g/mol. The van der Waals surface area contributed by atoms with Gasteiger partial charge in [-0.15, -0.1) is 0 Å². The molecule has 6 nitrogen and oxygen atoms in total. The predicted molar refractivity (Wildman–Crippen MR) is 98.3 cm³/mol. The van der Waals surface area contributed by atoms with E-state index < -0.39 is 21.7 Å². The molecule has 0 atom stereocenters. The van der Waals surface area contributed by atoms with Gasteiger partial charge in [-0.05, 0) is 18.6 Å². The Morgan fingerprint density at radius 2 is 1.83 bits per heavy atom. The summed E-state index contributed by atoms with van der Waals surface area (Å²) in [7, 11) is -0.560. The molecule has 0 aliphatic carbocycles. The van der Waals surface area contributed by atoms with Gasteiger partial charge in [-0.1, -0.05) is 40.6 Å². The fourth-order valence-electron chi connectivity index (χ4n) is 1.85. The quantitative estimate of drug-likeness (QED) is 0.441. The van der Waals surface area contributed by atoms with Crippen LogP contribution in [0.25, 0.3) is 0 Å². The summed E-state index contributed by atoms with van der Waals surface area (Å²) in [6.07, 6.45) is 0.592. The third-order valence-electron chi connectivity index (χ3n) is 2.89. The van der Waals surface area contributed by atoms with Crippen LogP contribution >= 0.6 is 21.6 Å². The highest BCUT2D eigenvalue weighted by atomic mass is 33.1. The molecule has 1 amide bonds. The first-order chi connectivity index (χ1) is 11.4. The molecule has 0 heterocycles. The largest absolute Gasteiger partial charge is 0.481 e. The summed E-state index contributed by atoms with van der Waals surface area (Å²) < 4.78 is 24.5. The lowest BCUT2D eigenvalue weighted by molar-refractivity contribution is -0.136. The second-order valence-electron chi connectivity index (χ2n) is 4.86. The van der Waals surface area contributed by atoms with Crippen molar-refractivity contribution in [1.29, 1.82) is 0 Å². The molecule has 2 N–H and O–H groups in total. The van der Waals surface area contributed by atoms with Crippen molar-refractivity contribution in [2.24, 2.45) is 0 Å². The fourth-order valence-corrected chi connectivity index (χ4v) is 5.28. The number of rotatable bonds is 11. The lowest BCUT2D eigenvalue weighted by atomic mass is 10.2. The van der Waals surface area contributed by atoms with Crippen molar-refractivity contribution in [1.82, 2.24) is 5.32 Å². The van der Waals surface area contributed by atoms with Gasteiger partial charge in [0.15, 0.2) is 9.84 Å². The molecule has 0 aromatic heterocycles. The minimum atomic E-state index is -3.46. The van der Waals surface area contributed by atoms with Crippen LogP contribution in [-0.4, -0.2) is 49.2 Å². The Morgan fingerprint density at radius 1 is 1.17 bits per heavy atom. The number of carboxylic acids is 1. The number of carboxylic acid groups (broad SMARTS) is 1. The second kappa shape index (κ2) is 10.6. The number of carbonyl (C=O) groups excluding carboxylic acids is 1. The first-order valence-electron chi connectivity index (χ1n) is 7.44. The van der Waals surface area contributed by atoms with E-state index in [4.69, 9.17) is 5.11 Å². The van der Waals surface area contributed by atoms with Crippen molar-refractivity contribution < 1.29 is 23.1 Å². The summed E-state index contributed by atoms with van der Waals surface area (Å²) in [4.78, 5) is 22.7. The Balaban J connectivity index is 2.53. The fraction of sp³-hybridized carbons (Fsp3) is 0.467. The number of carbonyl (C=O) groups is 2. The van der Waals surface area contributed by atoms with Gasteiger partial charge in [-0.2, -0.15) is 0 Å². The predicted octanol–water partition coefficient (Wildman–Crippen LogP) is 2.46. The Bertz CT molecular complexity index is 661. The molecule has 1 aromatic rings. The first-order valence-corrected chi connectivity index (χ1v) is 11.6. The summed E-state index contributed by atoms with van der Waals surface area (Å²) in [5.74, 6) is -0.123. The molecule has 0 aliphatic heterocycles. The van der Waals surface area contributed by atoms with Gasteiger partial charge in [-0.25, -0.2) is 8.42 Å². The lowest BCUT2D eigenvalue weighted by Crippen LogP contribution is -2.27. The number of hydrogen-bond acceptors (Lipinski definition) is 6. The lowest BCUT2D eigenvalue weighted by Gasteiger charge is -2.10. The van der Waals surface area contributed by atoms with Gasteiger partial charge < -0.3 is 10.4 Å². The highest BCUT2D eigenvalue weighted by Gasteiger charge is 2.21. The maximum atomic E-state index is 12.2. The van der Waals surface area contributed by atoms with E-state index >= 15 is 0 Å². The Morgan fingerprint density at radius 3 is 2.50 bits per heavy atom. The third kappa shape index (κ3) is 7.14. The van der Waals surface area contributed by atoms with Crippen LogP contribution in [0, 0.1) is 0 Å². The van der Waals surface area contributed by atoms with Gasteiger partial charge in [-0.3, -0.25) is 9.59 Å². The normalized spacial score (nSPS) is 11.2. The zero-order chi connectivity index (χ0) is 18.0. The molecule has 0 unspecified atom stereocenters. The number of sulfone groups is 1. The van der Waals surface area contributed by atoms with E-state index in [0.717, 1.165) is 0 Å². The van der Waals surface area contributed by atoms with Gasteiger partial charge in [0.05, 0.1) is 22.6 Å². The van der Waals surface area contributed by atoms with Crippen molar-refractivity contribution in [3.05, 3.63) is 29.8 Å². The zero-order valence-electron chi connectivity index (χ0n) is 13.4. The van der Waals surface area contributed by atoms with Crippen molar-refractivity contribution >= 4 is 43.3 Å². The molecular formula is C15H21NO5S3. The number of hydrogen-bond donors (Lipinski definition) is 2. The summed E-state index contributed by atoms with van der Waals surface area (Å²) in [6.45, 7) is 2.16. The van der Waals surface area contributed by atoms with Crippen molar-refractivity contribution in [3.8, 4) is 0 Å². The SMILES string of the molecule is CCCS(=O)(=O)c1ccccc1C(=O)NCCSSCCC(=O)O. The summed E-state index contributed by atoms with van der Waals surface area (Å²) in [5.41, 5.74) is 0.162. The molecule has 0 radical (unpaired) electrons. The molecule has 0 saturated heterocycles. The van der Waals surface area contributed by atoms with E-state index in [-0.39, 0.29) is 22.6 Å². The molecule has 0 spiro atoms. The van der Waals surface area contributed by atoms with Gasteiger partial charge >= 0.3 is 5.97 Å². The highest BCUT2D eigenvalue weighted by molar-refractivity contribution is 8.76. The maximum Gasteiger partial charge on any atom is 0.304 e. The average Bonchev–Trinajstić information content (AvgIpc) is 2.53. The second-order valence-corrected chi connectivity index (χ2v) is 9.64. The van der Waals surface area contributed by atoms with Crippen LogP contribution in [0.3, 0.4) is 0 Å². The topological polar surface area (TPSA) is 101 Å². The standard InChI is InChI=1S/C15H21NO5S3/c1-2-11-24(20,21)13-6-4-3-5-12(13)15(19)16-8-10-23-22-9-7-14(17)18/h3-6H,2,7-11H2,1H3,(H,16,19)(H,17,18). The highest BCUT2D eigenvalue weighted by Crippen LogP contribution is 2.21. The van der Waals surface area contributed by atoms with Crippen LogP contribution in [0.1, 0.15) is 30.1 Å². The zero-order valence-corrected chi connectivity index (χ0v) is 15.8. The molecule has 1 rings (SSSR count). The van der Waals surface area contributed by atoms with E-state index in [0.29, 0.717) is 24.5 Å². The van der Waals surface area contributed by atoms with Crippen LogP contribution in [0.2, 0.25) is 0 Å². The monoisotopic (exact) mass is 391 g/mol. The summed E-state index contributed by atoms with van der Waals surface area (Å²) in [5, 5.41) is 11.2. The number of amides is 1. The van der Waals surface area contributed by atoms with Gasteiger partial charge in [0.1, 0.15) is 0 Å². The number of benzene rings is 1. The summed E-state index contributed by atoms with van der Waals surface area (Å²) in [6, 6.07) is 6.20. The smallest absolute Gasteiger partial charge is 0.304 e. The van der Waals surface area contributed by atoms with Crippen LogP contribution < -0.4 is 5.32 Å². The van der Waals surface area contributed by atoms with Gasteiger partial charge in [0.25, 0.3) is 5.91 Å². The molecule has 9 heteroatoms. The molecule has 0 saturated carbocycles. The van der Waals surface area contributed by atoms with Crippen LogP contribution in [0.15, 0.2) is 29.2 Å².